The summed E-state index contributed by atoms with van der Waals surface area (Å²) in [6, 6.07) is 5.13. The van der Waals surface area contributed by atoms with Gasteiger partial charge in [-0.2, -0.15) is 13.2 Å². The van der Waals surface area contributed by atoms with Gasteiger partial charge in [0.2, 0.25) is 0 Å². The fourth-order valence-corrected chi connectivity index (χ4v) is 3.02. The molecule has 0 N–H and O–H groups in total. The number of hydrogen-bond donors (Lipinski definition) is 0. The quantitative estimate of drug-likeness (QED) is 0.596. The number of unbranched alkanes of at least 4 members (excludes halogenated alkanes) is 1. The van der Waals surface area contributed by atoms with Gasteiger partial charge in [0.05, 0.1) is 5.56 Å². The van der Waals surface area contributed by atoms with E-state index in [1.807, 2.05) is 0 Å². The van der Waals surface area contributed by atoms with Gasteiger partial charge in [-0.15, -0.1) is 0 Å². The number of halogens is 3. The molecule has 2 rings (SSSR count). The van der Waals surface area contributed by atoms with Crippen LogP contribution in [-0.2, 0) is 6.18 Å². The minimum Gasteiger partial charge on any atom is -0.166 e. The van der Waals surface area contributed by atoms with Gasteiger partial charge in [0.1, 0.15) is 0 Å². The van der Waals surface area contributed by atoms with Gasteiger partial charge in [0, 0.05) is 11.5 Å². The zero-order chi connectivity index (χ0) is 16.0. The van der Waals surface area contributed by atoms with Crippen molar-refractivity contribution in [3.05, 3.63) is 35.4 Å². The average Bonchev–Trinajstić information content (AvgIpc) is 2.51. The lowest BCUT2D eigenvalue weighted by Crippen LogP contribution is -2.13. The van der Waals surface area contributed by atoms with Crippen LogP contribution in [0.1, 0.15) is 63.0 Å². The minimum absolute atomic E-state index is 0.403. The molecule has 0 unspecified atom stereocenters. The van der Waals surface area contributed by atoms with Gasteiger partial charge in [0.15, 0.2) is 0 Å². The fraction of sp³-hybridized carbons (Fsp3) is 0.579. The van der Waals surface area contributed by atoms with Crippen LogP contribution in [0.2, 0.25) is 0 Å². The topological polar surface area (TPSA) is 0 Å². The highest BCUT2D eigenvalue weighted by Gasteiger charge is 2.29. The molecule has 0 heterocycles. The molecule has 0 aromatic heterocycles. The molecule has 22 heavy (non-hydrogen) atoms. The van der Waals surface area contributed by atoms with Gasteiger partial charge in [-0.3, -0.25) is 0 Å². The van der Waals surface area contributed by atoms with E-state index in [0.29, 0.717) is 11.5 Å². The Labute approximate surface area is 131 Å². The Balaban J connectivity index is 1.86. The molecule has 0 aliphatic heterocycles. The lowest BCUT2D eigenvalue weighted by atomic mass is 9.80. The molecule has 0 bridgehead atoms. The standard InChI is InChI=1S/C19H23F3/c1-2-3-4-15-5-7-16(8-6-15)9-10-17-11-13-18(14-12-17)19(20,21)22/h11-16H,2-8H2,1H3/t15-,16-. The van der Waals surface area contributed by atoms with Crippen LogP contribution in [-0.4, -0.2) is 0 Å². The highest BCUT2D eigenvalue weighted by Crippen LogP contribution is 2.32. The van der Waals surface area contributed by atoms with Crippen LogP contribution in [0.3, 0.4) is 0 Å². The largest absolute Gasteiger partial charge is 0.416 e. The van der Waals surface area contributed by atoms with E-state index >= 15 is 0 Å². The molecule has 1 aromatic rings. The highest BCUT2D eigenvalue weighted by atomic mass is 19.4. The Kier molecular flexibility index (Phi) is 5.94. The maximum absolute atomic E-state index is 12.5. The second-order valence-corrected chi connectivity index (χ2v) is 6.20. The smallest absolute Gasteiger partial charge is 0.166 e. The van der Waals surface area contributed by atoms with Gasteiger partial charge in [-0.05, 0) is 55.9 Å². The molecule has 1 fully saturated rings. The van der Waals surface area contributed by atoms with Crippen molar-refractivity contribution < 1.29 is 13.2 Å². The molecule has 1 aromatic carbocycles. The van der Waals surface area contributed by atoms with Crippen LogP contribution < -0.4 is 0 Å². The van der Waals surface area contributed by atoms with Gasteiger partial charge in [-0.25, -0.2) is 0 Å². The molecule has 0 atom stereocenters. The maximum Gasteiger partial charge on any atom is 0.416 e. The summed E-state index contributed by atoms with van der Waals surface area (Å²) in [6.45, 7) is 2.22. The normalized spacial score (nSPS) is 22.0. The Bertz CT molecular complexity index is 508. The first-order valence-corrected chi connectivity index (χ1v) is 8.18. The van der Waals surface area contributed by atoms with Crippen molar-refractivity contribution in [2.75, 3.05) is 0 Å². The summed E-state index contributed by atoms with van der Waals surface area (Å²) >= 11 is 0. The van der Waals surface area contributed by atoms with E-state index in [9.17, 15) is 13.2 Å². The third-order valence-electron chi connectivity index (χ3n) is 4.45. The average molecular weight is 308 g/mol. The van der Waals surface area contributed by atoms with Crippen LogP contribution >= 0.6 is 0 Å². The molecule has 0 spiro atoms. The van der Waals surface area contributed by atoms with Crippen molar-refractivity contribution in [2.24, 2.45) is 11.8 Å². The second kappa shape index (κ2) is 7.72. The summed E-state index contributed by atoms with van der Waals surface area (Å²) in [7, 11) is 0. The summed E-state index contributed by atoms with van der Waals surface area (Å²) in [5.74, 6) is 7.53. The first kappa shape index (κ1) is 16.9. The highest BCUT2D eigenvalue weighted by molar-refractivity contribution is 5.37. The lowest BCUT2D eigenvalue weighted by molar-refractivity contribution is -0.137. The summed E-state index contributed by atoms with van der Waals surface area (Å²) < 4.78 is 37.5. The Hall–Kier alpha value is -1.43. The lowest BCUT2D eigenvalue weighted by Gasteiger charge is -2.25. The molecular formula is C19H23F3. The maximum atomic E-state index is 12.5. The molecule has 0 saturated heterocycles. The van der Waals surface area contributed by atoms with Crippen molar-refractivity contribution in [3.63, 3.8) is 0 Å². The van der Waals surface area contributed by atoms with Gasteiger partial charge in [0.25, 0.3) is 0 Å². The SMILES string of the molecule is CCCC[C@H]1CC[C@H](C#Cc2ccc(C(F)(F)F)cc2)CC1. The predicted octanol–water partition coefficient (Wildman–Crippen LogP) is 6.05. The van der Waals surface area contributed by atoms with E-state index in [-0.39, 0.29) is 0 Å². The first-order valence-electron chi connectivity index (χ1n) is 8.18. The number of alkyl halides is 3. The van der Waals surface area contributed by atoms with E-state index in [2.05, 4.69) is 18.8 Å². The number of hydrogen-bond acceptors (Lipinski definition) is 0. The first-order chi connectivity index (χ1) is 10.5. The van der Waals surface area contributed by atoms with E-state index in [1.54, 1.807) is 0 Å². The summed E-state index contributed by atoms with van der Waals surface area (Å²) in [4.78, 5) is 0. The minimum atomic E-state index is -4.27. The monoisotopic (exact) mass is 308 g/mol. The van der Waals surface area contributed by atoms with E-state index in [4.69, 9.17) is 0 Å². The molecule has 3 heteroatoms. The summed E-state index contributed by atoms with van der Waals surface area (Å²) in [5.41, 5.74) is 0.0515. The third-order valence-corrected chi connectivity index (χ3v) is 4.45. The number of benzene rings is 1. The zero-order valence-corrected chi connectivity index (χ0v) is 13.0. The van der Waals surface area contributed by atoms with Crippen molar-refractivity contribution >= 4 is 0 Å². The predicted molar refractivity (Wildman–Crippen MR) is 83.3 cm³/mol. The molecule has 0 nitrogen and oxygen atoms in total. The van der Waals surface area contributed by atoms with Gasteiger partial charge < -0.3 is 0 Å². The van der Waals surface area contributed by atoms with Crippen molar-refractivity contribution in [2.45, 2.75) is 58.0 Å². The van der Waals surface area contributed by atoms with Crippen molar-refractivity contribution in [3.8, 4) is 11.8 Å². The van der Waals surface area contributed by atoms with Crippen molar-refractivity contribution in [1.29, 1.82) is 0 Å². The van der Waals surface area contributed by atoms with Crippen LogP contribution in [0.15, 0.2) is 24.3 Å². The molecule has 1 aliphatic rings. The van der Waals surface area contributed by atoms with Crippen LogP contribution in [0.4, 0.5) is 13.2 Å². The summed E-state index contributed by atoms with van der Waals surface area (Å²) in [6.07, 6.45) is 4.36. The Morgan fingerprint density at radius 1 is 1.05 bits per heavy atom. The Morgan fingerprint density at radius 3 is 2.23 bits per heavy atom. The van der Waals surface area contributed by atoms with Crippen LogP contribution in [0.5, 0.6) is 0 Å². The molecular weight excluding hydrogens is 285 g/mol. The molecule has 0 radical (unpaired) electrons. The van der Waals surface area contributed by atoms with Crippen LogP contribution in [0.25, 0.3) is 0 Å². The zero-order valence-electron chi connectivity index (χ0n) is 13.0. The van der Waals surface area contributed by atoms with Crippen LogP contribution in [0, 0.1) is 23.7 Å². The van der Waals surface area contributed by atoms with Crippen molar-refractivity contribution in [1.82, 2.24) is 0 Å². The summed E-state index contributed by atoms with van der Waals surface area (Å²) in [5, 5.41) is 0. The van der Waals surface area contributed by atoms with E-state index < -0.39 is 11.7 Å². The molecule has 1 aliphatic carbocycles. The number of rotatable bonds is 3. The van der Waals surface area contributed by atoms with E-state index in [1.165, 1.54) is 44.2 Å². The third kappa shape index (κ3) is 5.09. The Morgan fingerprint density at radius 2 is 1.68 bits per heavy atom. The van der Waals surface area contributed by atoms with E-state index in [0.717, 1.165) is 30.9 Å². The van der Waals surface area contributed by atoms with Gasteiger partial charge in [-0.1, -0.05) is 38.0 Å². The molecule has 120 valence electrons. The molecule has 1 saturated carbocycles. The molecule has 0 amide bonds. The second-order valence-electron chi connectivity index (χ2n) is 6.20. The van der Waals surface area contributed by atoms with Gasteiger partial charge >= 0.3 is 6.18 Å². The fourth-order valence-electron chi connectivity index (χ4n) is 3.02.